The zero-order valence-electron chi connectivity index (χ0n) is 10.2. The molecule has 0 aliphatic carbocycles. The van der Waals surface area contributed by atoms with E-state index in [2.05, 4.69) is 27.7 Å². The summed E-state index contributed by atoms with van der Waals surface area (Å²) in [5, 5.41) is 0. The van der Waals surface area contributed by atoms with Crippen LogP contribution in [0.2, 0.25) is 0 Å². The lowest BCUT2D eigenvalue weighted by atomic mass is 10.1. The van der Waals surface area contributed by atoms with E-state index in [9.17, 15) is 0 Å². The van der Waals surface area contributed by atoms with Crippen molar-refractivity contribution in [2.75, 3.05) is 19.8 Å². The second-order valence-electron chi connectivity index (χ2n) is 4.29. The standard InChI is InChI=1S/C12H26O2/c1-5-8-13-10-12(4)14-9-6-7-11(2)3/h11-12H,5-10H2,1-4H3. The molecule has 0 aliphatic rings. The van der Waals surface area contributed by atoms with Crippen molar-refractivity contribution in [3.63, 3.8) is 0 Å². The number of ether oxygens (including phenoxy) is 2. The summed E-state index contributed by atoms with van der Waals surface area (Å²) in [4.78, 5) is 0. The Kier molecular flexibility index (Phi) is 9.42. The molecule has 0 radical (unpaired) electrons. The van der Waals surface area contributed by atoms with Gasteiger partial charge in [0.05, 0.1) is 12.7 Å². The van der Waals surface area contributed by atoms with Crippen LogP contribution in [0.4, 0.5) is 0 Å². The van der Waals surface area contributed by atoms with Crippen molar-refractivity contribution in [2.24, 2.45) is 5.92 Å². The second-order valence-corrected chi connectivity index (χ2v) is 4.29. The van der Waals surface area contributed by atoms with E-state index in [0.29, 0.717) is 0 Å². The van der Waals surface area contributed by atoms with Crippen LogP contribution in [0.3, 0.4) is 0 Å². The highest BCUT2D eigenvalue weighted by Crippen LogP contribution is 2.04. The number of rotatable bonds is 9. The number of hydrogen-bond donors (Lipinski definition) is 0. The first-order valence-corrected chi connectivity index (χ1v) is 5.86. The molecule has 86 valence electrons. The quantitative estimate of drug-likeness (QED) is 0.534. The summed E-state index contributed by atoms with van der Waals surface area (Å²) in [6.07, 6.45) is 3.74. The van der Waals surface area contributed by atoms with E-state index in [-0.39, 0.29) is 6.10 Å². The van der Waals surface area contributed by atoms with Crippen molar-refractivity contribution in [3.05, 3.63) is 0 Å². The Balaban J connectivity index is 3.14. The molecule has 0 heterocycles. The van der Waals surface area contributed by atoms with E-state index in [0.717, 1.165) is 38.6 Å². The van der Waals surface area contributed by atoms with Crippen LogP contribution in [-0.2, 0) is 9.47 Å². The predicted octanol–water partition coefficient (Wildman–Crippen LogP) is 3.25. The zero-order chi connectivity index (χ0) is 10.8. The van der Waals surface area contributed by atoms with Gasteiger partial charge in [-0.05, 0) is 32.1 Å². The summed E-state index contributed by atoms with van der Waals surface area (Å²) < 4.78 is 11.0. The molecule has 0 aromatic heterocycles. The minimum atomic E-state index is 0.244. The lowest BCUT2D eigenvalue weighted by Gasteiger charge is -2.13. The Morgan fingerprint density at radius 2 is 1.79 bits per heavy atom. The molecular formula is C12H26O2. The molecule has 0 amide bonds. The Morgan fingerprint density at radius 3 is 2.36 bits per heavy atom. The molecule has 0 spiro atoms. The van der Waals surface area contributed by atoms with Gasteiger partial charge in [0.1, 0.15) is 0 Å². The highest BCUT2D eigenvalue weighted by atomic mass is 16.5. The molecule has 0 bridgehead atoms. The monoisotopic (exact) mass is 202 g/mol. The fraction of sp³-hybridized carbons (Fsp3) is 1.00. The lowest BCUT2D eigenvalue weighted by Crippen LogP contribution is -2.17. The van der Waals surface area contributed by atoms with Crippen molar-refractivity contribution in [2.45, 2.75) is 53.1 Å². The Labute approximate surface area is 89.0 Å². The van der Waals surface area contributed by atoms with E-state index in [1.807, 2.05) is 0 Å². The SMILES string of the molecule is CCCOCC(C)OCCCC(C)C. The minimum absolute atomic E-state index is 0.244. The molecule has 2 heteroatoms. The summed E-state index contributed by atoms with van der Waals surface area (Å²) in [6, 6.07) is 0. The Morgan fingerprint density at radius 1 is 1.07 bits per heavy atom. The van der Waals surface area contributed by atoms with Gasteiger partial charge in [0.2, 0.25) is 0 Å². The van der Waals surface area contributed by atoms with Crippen LogP contribution in [0.25, 0.3) is 0 Å². The highest BCUT2D eigenvalue weighted by Gasteiger charge is 2.01. The molecule has 0 rings (SSSR count). The Bertz CT molecular complexity index is 113. The first-order valence-electron chi connectivity index (χ1n) is 5.86. The van der Waals surface area contributed by atoms with E-state index < -0.39 is 0 Å². The summed E-state index contributed by atoms with van der Waals surface area (Å²) in [6.45, 7) is 11.1. The van der Waals surface area contributed by atoms with Gasteiger partial charge in [-0.3, -0.25) is 0 Å². The Hall–Kier alpha value is -0.0800. The predicted molar refractivity (Wildman–Crippen MR) is 60.6 cm³/mol. The van der Waals surface area contributed by atoms with Crippen LogP contribution < -0.4 is 0 Å². The van der Waals surface area contributed by atoms with E-state index in [1.165, 1.54) is 6.42 Å². The van der Waals surface area contributed by atoms with Gasteiger partial charge in [0.15, 0.2) is 0 Å². The largest absolute Gasteiger partial charge is 0.379 e. The number of hydrogen-bond acceptors (Lipinski definition) is 2. The van der Waals surface area contributed by atoms with Gasteiger partial charge in [0, 0.05) is 13.2 Å². The molecule has 0 fully saturated rings. The summed E-state index contributed by atoms with van der Waals surface area (Å²) >= 11 is 0. The molecule has 0 aliphatic heterocycles. The second kappa shape index (κ2) is 9.47. The molecule has 0 saturated heterocycles. The van der Waals surface area contributed by atoms with Crippen molar-refractivity contribution < 1.29 is 9.47 Å². The van der Waals surface area contributed by atoms with E-state index in [4.69, 9.17) is 9.47 Å². The van der Waals surface area contributed by atoms with E-state index >= 15 is 0 Å². The van der Waals surface area contributed by atoms with Crippen molar-refractivity contribution in [1.82, 2.24) is 0 Å². The molecule has 1 atom stereocenters. The fourth-order valence-corrected chi connectivity index (χ4v) is 1.22. The first-order chi connectivity index (χ1) is 6.66. The third kappa shape index (κ3) is 10.0. The van der Waals surface area contributed by atoms with Crippen molar-refractivity contribution in [1.29, 1.82) is 0 Å². The average Bonchev–Trinajstić information content (AvgIpc) is 2.13. The van der Waals surface area contributed by atoms with Gasteiger partial charge in [-0.15, -0.1) is 0 Å². The molecule has 2 nitrogen and oxygen atoms in total. The minimum Gasteiger partial charge on any atom is -0.379 e. The van der Waals surface area contributed by atoms with Crippen LogP contribution in [0, 0.1) is 5.92 Å². The van der Waals surface area contributed by atoms with Gasteiger partial charge in [-0.2, -0.15) is 0 Å². The molecule has 0 saturated carbocycles. The van der Waals surface area contributed by atoms with Crippen LogP contribution in [0.5, 0.6) is 0 Å². The van der Waals surface area contributed by atoms with Gasteiger partial charge >= 0.3 is 0 Å². The molecule has 0 N–H and O–H groups in total. The topological polar surface area (TPSA) is 18.5 Å². The van der Waals surface area contributed by atoms with Crippen LogP contribution >= 0.6 is 0 Å². The van der Waals surface area contributed by atoms with Crippen molar-refractivity contribution >= 4 is 0 Å². The van der Waals surface area contributed by atoms with Crippen LogP contribution in [0.15, 0.2) is 0 Å². The highest BCUT2D eigenvalue weighted by molar-refractivity contribution is 4.49. The molecule has 0 aromatic carbocycles. The molecule has 0 aromatic rings. The van der Waals surface area contributed by atoms with Gasteiger partial charge in [0.25, 0.3) is 0 Å². The summed E-state index contributed by atoms with van der Waals surface area (Å²) in [5.74, 6) is 0.783. The average molecular weight is 202 g/mol. The molecular weight excluding hydrogens is 176 g/mol. The molecule has 1 unspecified atom stereocenters. The maximum atomic E-state index is 5.61. The van der Waals surface area contributed by atoms with Gasteiger partial charge in [-0.1, -0.05) is 20.8 Å². The summed E-state index contributed by atoms with van der Waals surface area (Å²) in [5.41, 5.74) is 0. The maximum Gasteiger partial charge on any atom is 0.0780 e. The fourth-order valence-electron chi connectivity index (χ4n) is 1.22. The summed E-state index contributed by atoms with van der Waals surface area (Å²) in [7, 11) is 0. The zero-order valence-corrected chi connectivity index (χ0v) is 10.2. The first kappa shape index (κ1) is 13.9. The third-order valence-electron chi connectivity index (χ3n) is 2.03. The maximum absolute atomic E-state index is 5.61. The smallest absolute Gasteiger partial charge is 0.0780 e. The van der Waals surface area contributed by atoms with Crippen LogP contribution in [0.1, 0.15) is 47.0 Å². The normalized spacial score (nSPS) is 13.5. The van der Waals surface area contributed by atoms with Crippen molar-refractivity contribution in [3.8, 4) is 0 Å². The van der Waals surface area contributed by atoms with Crippen LogP contribution in [-0.4, -0.2) is 25.9 Å². The lowest BCUT2D eigenvalue weighted by molar-refractivity contribution is -0.00818. The molecule has 14 heavy (non-hydrogen) atoms. The third-order valence-corrected chi connectivity index (χ3v) is 2.03. The van der Waals surface area contributed by atoms with Gasteiger partial charge < -0.3 is 9.47 Å². The van der Waals surface area contributed by atoms with Gasteiger partial charge in [-0.25, -0.2) is 0 Å². The van der Waals surface area contributed by atoms with E-state index in [1.54, 1.807) is 0 Å².